The monoisotopic (exact) mass is 191 g/mol. The molecule has 0 aromatic rings. The Morgan fingerprint density at radius 3 is 2.42 bits per heavy atom. The molecule has 2 aliphatic rings. The standard InChI is InChI=1S/C8H13NO2.ClH/c1-11-8(10)6-3-7(9)5-2-4(5)6;/h4-7H,2-3,9H2,1H3;1H/t4-,5+,6+,7-;/m1./s1. The maximum Gasteiger partial charge on any atom is 0.309 e. The van der Waals surface area contributed by atoms with Gasteiger partial charge in [0.1, 0.15) is 0 Å². The first-order chi connectivity index (χ1) is 5.24. The Balaban J connectivity index is 0.000000720. The van der Waals surface area contributed by atoms with Gasteiger partial charge in [0, 0.05) is 6.04 Å². The van der Waals surface area contributed by atoms with Crippen LogP contribution >= 0.6 is 12.4 Å². The Bertz CT molecular complexity index is 197. The lowest BCUT2D eigenvalue weighted by molar-refractivity contribution is -0.145. The first-order valence-corrected chi connectivity index (χ1v) is 4.07. The first kappa shape index (κ1) is 9.81. The second kappa shape index (κ2) is 3.23. The summed E-state index contributed by atoms with van der Waals surface area (Å²) in [6.07, 6.45) is 1.98. The van der Waals surface area contributed by atoms with Crippen LogP contribution in [0.25, 0.3) is 0 Å². The fourth-order valence-corrected chi connectivity index (χ4v) is 2.26. The van der Waals surface area contributed by atoms with E-state index in [-0.39, 0.29) is 30.3 Å². The second-order valence-electron chi connectivity index (χ2n) is 3.59. The summed E-state index contributed by atoms with van der Waals surface area (Å²) in [5, 5.41) is 0. The molecule has 2 saturated carbocycles. The molecule has 70 valence electrons. The van der Waals surface area contributed by atoms with Crippen LogP contribution in [-0.4, -0.2) is 19.1 Å². The van der Waals surface area contributed by atoms with Crippen molar-refractivity contribution in [3.8, 4) is 0 Å². The normalized spacial score (nSPS) is 42.8. The molecule has 2 N–H and O–H groups in total. The van der Waals surface area contributed by atoms with Crippen molar-refractivity contribution in [2.24, 2.45) is 23.5 Å². The van der Waals surface area contributed by atoms with Gasteiger partial charge in [-0.3, -0.25) is 4.79 Å². The molecule has 0 heterocycles. The average molecular weight is 192 g/mol. The summed E-state index contributed by atoms with van der Waals surface area (Å²) in [4.78, 5) is 11.1. The highest BCUT2D eigenvalue weighted by Gasteiger charge is 2.55. The summed E-state index contributed by atoms with van der Waals surface area (Å²) < 4.78 is 4.69. The molecule has 2 fully saturated rings. The van der Waals surface area contributed by atoms with Crippen LogP contribution in [0, 0.1) is 17.8 Å². The number of halogens is 1. The number of hydrogen-bond donors (Lipinski definition) is 1. The van der Waals surface area contributed by atoms with Crippen molar-refractivity contribution < 1.29 is 9.53 Å². The number of rotatable bonds is 1. The molecule has 0 radical (unpaired) electrons. The van der Waals surface area contributed by atoms with E-state index in [2.05, 4.69) is 4.74 Å². The lowest BCUT2D eigenvalue weighted by atomic mass is 10.0. The molecular formula is C8H14ClNO2. The van der Waals surface area contributed by atoms with Gasteiger partial charge in [-0.15, -0.1) is 12.4 Å². The van der Waals surface area contributed by atoms with E-state index in [0.717, 1.165) is 12.8 Å². The summed E-state index contributed by atoms with van der Waals surface area (Å²) in [6.45, 7) is 0. The lowest BCUT2D eigenvalue weighted by Crippen LogP contribution is -2.23. The molecule has 0 aromatic heterocycles. The summed E-state index contributed by atoms with van der Waals surface area (Å²) >= 11 is 0. The van der Waals surface area contributed by atoms with E-state index in [1.807, 2.05) is 0 Å². The maximum absolute atomic E-state index is 11.1. The number of methoxy groups -OCH3 is 1. The maximum atomic E-state index is 11.1. The van der Waals surface area contributed by atoms with E-state index >= 15 is 0 Å². The fourth-order valence-electron chi connectivity index (χ4n) is 2.26. The zero-order valence-electron chi connectivity index (χ0n) is 7.03. The largest absolute Gasteiger partial charge is 0.469 e. The van der Waals surface area contributed by atoms with Crippen molar-refractivity contribution in [2.45, 2.75) is 18.9 Å². The van der Waals surface area contributed by atoms with Crippen molar-refractivity contribution in [1.29, 1.82) is 0 Å². The van der Waals surface area contributed by atoms with Crippen LogP contribution < -0.4 is 5.73 Å². The third-order valence-corrected chi connectivity index (χ3v) is 2.99. The second-order valence-corrected chi connectivity index (χ2v) is 3.59. The number of fused-ring (bicyclic) bond motifs is 1. The third kappa shape index (κ3) is 1.31. The molecule has 2 rings (SSSR count). The van der Waals surface area contributed by atoms with Crippen LogP contribution in [0.3, 0.4) is 0 Å². The van der Waals surface area contributed by atoms with Crippen molar-refractivity contribution in [2.75, 3.05) is 7.11 Å². The number of carbonyl (C=O) groups excluding carboxylic acids is 1. The number of carbonyl (C=O) groups is 1. The van der Waals surface area contributed by atoms with E-state index < -0.39 is 0 Å². The molecule has 0 bridgehead atoms. The van der Waals surface area contributed by atoms with Crippen LogP contribution in [0.4, 0.5) is 0 Å². The number of esters is 1. The van der Waals surface area contributed by atoms with Crippen molar-refractivity contribution in [3.63, 3.8) is 0 Å². The smallest absolute Gasteiger partial charge is 0.309 e. The van der Waals surface area contributed by atoms with Crippen LogP contribution in [0.2, 0.25) is 0 Å². The highest BCUT2D eigenvalue weighted by atomic mass is 35.5. The minimum Gasteiger partial charge on any atom is -0.469 e. The van der Waals surface area contributed by atoms with Crippen LogP contribution in [0.15, 0.2) is 0 Å². The van der Waals surface area contributed by atoms with Gasteiger partial charge in [-0.2, -0.15) is 0 Å². The quantitative estimate of drug-likeness (QED) is 0.617. The Morgan fingerprint density at radius 2 is 2.08 bits per heavy atom. The molecule has 0 saturated heterocycles. The van der Waals surface area contributed by atoms with Crippen LogP contribution in [0.5, 0.6) is 0 Å². The molecule has 0 unspecified atom stereocenters. The van der Waals surface area contributed by atoms with Gasteiger partial charge in [-0.05, 0) is 24.7 Å². The van der Waals surface area contributed by atoms with Crippen molar-refractivity contribution in [1.82, 2.24) is 0 Å². The summed E-state index contributed by atoms with van der Waals surface area (Å²) in [7, 11) is 1.45. The highest BCUT2D eigenvalue weighted by molar-refractivity contribution is 5.85. The van der Waals surface area contributed by atoms with Gasteiger partial charge in [0.15, 0.2) is 0 Å². The fraction of sp³-hybridized carbons (Fsp3) is 0.875. The van der Waals surface area contributed by atoms with Crippen LogP contribution in [-0.2, 0) is 9.53 Å². The topological polar surface area (TPSA) is 52.3 Å². The van der Waals surface area contributed by atoms with E-state index in [0.29, 0.717) is 11.8 Å². The molecule has 0 spiro atoms. The minimum atomic E-state index is -0.0644. The predicted molar refractivity (Wildman–Crippen MR) is 46.9 cm³/mol. The predicted octanol–water partition coefficient (Wildman–Crippen LogP) is 0.565. The summed E-state index contributed by atoms with van der Waals surface area (Å²) in [5.74, 6) is 1.22. The van der Waals surface area contributed by atoms with Gasteiger partial charge in [0.25, 0.3) is 0 Å². The number of nitrogens with two attached hydrogens (primary N) is 1. The zero-order chi connectivity index (χ0) is 8.01. The molecule has 3 nitrogen and oxygen atoms in total. The molecular weight excluding hydrogens is 178 g/mol. The Hall–Kier alpha value is -0.280. The van der Waals surface area contributed by atoms with Gasteiger partial charge in [-0.25, -0.2) is 0 Å². The molecule has 4 heteroatoms. The average Bonchev–Trinajstić information content (AvgIpc) is 2.72. The Kier molecular flexibility index (Phi) is 2.64. The molecule has 0 amide bonds. The van der Waals surface area contributed by atoms with E-state index in [4.69, 9.17) is 5.73 Å². The van der Waals surface area contributed by atoms with E-state index in [1.165, 1.54) is 7.11 Å². The van der Waals surface area contributed by atoms with E-state index in [9.17, 15) is 4.79 Å². The highest BCUT2D eigenvalue weighted by Crippen LogP contribution is 2.54. The van der Waals surface area contributed by atoms with Crippen molar-refractivity contribution in [3.05, 3.63) is 0 Å². The summed E-state index contributed by atoms with van der Waals surface area (Å²) in [6, 6.07) is 0.254. The minimum absolute atomic E-state index is 0. The van der Waals surface area contributed by atoms with Gasteiger partial charge in [0.05, 0.1) is 13.0 Å². The van der Waals surface area contributed by atoms with Gasteiger partial charge in [0.2, 0.25) is 0 Å². The first-order valence-electron chi connectivity index (χ1n) is 4.07. The van der Waals surface area contributed by atoms with Gasteiger partial charge >= 0.3 is 5.97 Å². The Morgan fingerprint density at radius 1 is 1.42 bits per heavy atom. The molecule has 2 aliphatic carbocycles. The number of hydrogen-bond acceptors (Lipinski definition) is 3. The molecule has 4 atom stereocenters. The molecule has 12 heavy (non-hydrogen) atoms. The summed E-state index contributed by atoms with van der Waals surface area (Å²) in [5.41, 5.74) is 5.80. The lowest BCUT2D eigenvalue weighted by Gasteiger charge is -2.09. The molecule has 0 aliphatic heterocycles. The SMILES string of the molecule is COC(=O)[C@H]1C[C@@H](N)[C@H]2C[C@H]21.Cl. The molecule has 0 aromatic carbocycles. The zero-order valence-corrected chi connectivity index (χ0v) is 7.84. The van der Waals surface area contributed by atoms with Gasteiger partial charge < -0.3 is 10.5 Å². The Labute approximate surface area is 78.1 Å². The number of ether oxygens (including phenoxy) is 1. The van der Waals surface area contributed by atoms with Gasteiger partial charge in [-0.1, -0.05) is 0 Å². The van der Waals surface area contributed by atoms with E-state index in [1.54, 1.807) is 0 Å². The van der Waals surface area contributed by atoms with Crippen LogP contribution in [0.1, 0.15) is 12.8 Å². The van der Waals surface area contributed by atoms with Crippen molar-refractivity contribution >= 4 is 18.4 Å². The third-order valence-electron chi connectivity index (χ3n) is 2.99.